The Morgan fingerprint density at radius 3 is 2.42 bits per heavy atom. The van der Waals surface area contributed by atoms with E-state index in [9.17, 15) is 9.18 Å². The first kappa shape index (κ1) is 9.49. The summed E-state index contributed by atoms with van der Waals surface area (Å²) in [4.78, 5) is 10.5. The molecule has 1 rings (SSSR count). The zero-order valence-corrected chi connectivity index (χ0v) is 7.29. The third-order valence-corrected chi connectivity index (χ3v) is 2.72. The molecule has 0 amide bonds. The van der Waals surface area contributed by atoms with Crippen molar-refractivity contribution in [3.05, 3.63) is 0 Å². The molecule has 0 heterocycles. The van der Waals surface area contributed by atoms with E-state index >= 15 is 0 Å². The van der Waals surface area contributed by atoms with Gasteiger partial charge in [-0.05, 0) is 25.7 Å². The van der Waals surface area contributed by atoms with Crippen LogP contribution in [-0.4, -0.2) is 17.2 Å². The molecule has 0 spiro atoms. The lowest BCUT2D eigenvalue weighted by atomic mass is 9.92. The molecule has 3 heteroatoms. The van der Waals surface area contributed by atoms with Gasteiger partial charge in [-0.25, -0.2) is 4.39 Å². The second-order valence-electron chi connectivity index (χ2n) is 3.62. The quantitative estimate of drug-likeness (QED) is 0.712. The van der Waals surface area contributed by atoms with E-state index in [1.807, 2.05) is 0 Å². The molecule has 0 aliphatic heterocycles. The maximum atomic E-state index is 13.4. The zero-order valence-electron chi connectivity index (χ0n) is 7.29. The number of aliphatic carboxylic acids is 1. The Morgan fingerprint density at radius 2 is 2.00 bits per heavy atom. The largest absolute Gasteiger partial charge is 0.481 e. The molecular weight excluding hydrogens is 159 g/mol. The third-order valence-electron chi connectivity index (χ3n) is 2.72. The maximum absolute atomic E-state index is 13.4. The van der Waals surface area contributed by atoms with Gasteiger partial charge in [0, 0.05) is 0 Å². The van der Waals surface area contributed by atoms with E-state index in [0.29, 0.717) is 0 Å². The highest BCUT2D eigenvalue weighted by atomic mass is 19.1. The van der Waals surface area contributed by atoms with Crippen LogP contribution in [-0.2, 0) is 4.79 Å². The van der Waals surface area contributed by atoms with E-state index in [1.54, 1.807) is 0 Å². The van der Waals surface area contributed by atoms with Crippen LogP contribution in [0.5, 0.6) is 0 Å². The second kappa shape index (κ2) is 3.87. The lowest BCUT2D eigenvalue weighted by molar-refractivity contribution is -0.144. The summed E-state index contributed by atoms with van der Waals surface area (Å²) in [5.74, 6) is -1.86. The van der Waals surface area contributed by atoms with E-state index in [4.69, 9.17) is 5.11 Å². The van der Waals surface area contributed by atoms with E-state index in [1.165, 1.54) is 6.92 Å². The first-order valence-corrected chi connectivity index (χ1v) is 4.50. The summed E-state index contributed by atoms with van der Waals surface area (Å²) in [5.41, 5.74) is 0. The van der Waals surface area contributed by atoms with Crippen LogP contribution < -0.4 is 0 Å². The minimum atomic E-state index is -1.15. The molecule has 12 heavy (non-hydrogen) atoms. The third kappa shape index (κ3) is 1.96. The van der Waals surface area contributed by atoms with Gasteiger partial charge in [0.2, 0.25) is 0 Å². The van der Waals surface area contributed by atoms with Gasteiger partial charge in [0.15, 0.2) is 0 Å². The minimum Gasteiger partial charge on any atom is -0.481 e. The van der Waals surface area contributed by atoms with Crippen LogP contribution in [0.2, 0.25) is 0 Å². The first-order valence-electron chi connectivity index (χ1n) is 4.50. The maximum Gasteiger partial charge on any atom is 0.309 e. The highest BCUT2D eigenvalue weighted by molar-refractivity contribution is 5.70. The first-order chi connectivity index (χ1) is 5.63. The number of hydrogen-bond donors (Lipinski definition) is 1. The Bertz CT molecular complexity index is 164. The number of hydrogen-bond acceptors (Lipinski definition) is 1. The summed E-state index contributed by atoms with van der Waals surface area (Å²) in [6.45, 7) is 1.45. The number of halogens is 1. The molecule has 0 aromatic heterocycles. The zero-order chi connectivity index (χ0) is 9.14. The van der Waals surface area contributed by atoms with Gasteiger partial charge < -0.3 is 5.11 Å². The summed E-state index contributed by atoms with van der Waals surface area (Å²) in [6, 6.07) is 0. The summed E-state index contributed by atoms with van der Waals surface area (Å²) in [5, 5.41) is 8.57. The summed E-state index contributed by atoms with van der Waals surface area (Å²) < 4.78 is 13.4. The highest BCUT2D eigenvalue weighted by Crippen LogP contribution is 2.32. The van der Waals surface area contributed by atoms with E-state index in [-0.39, 0.29) is 5.92 Å². The van der Waals surface area contributed by atoms with Gasteiger partial charge in [0.25, 0.3) is 0 Å². The number of carboxylic acids is 1. The summed E-state index contributed by atoms with van der Waals surface area (Å²) in [6.07, 6.45) is 2.68. The van der Waals surface area contributed by atoms with E-state index in [2.05, 4.69) is 0 Å². The molecular formula is C9H15FO2. The predicted octanol–water partition coefficient (Wildman–Crippen LogP) is 2.24. The molecule has 1 N–H and O–H groups in total. The van der Waals surface area contributed by atoms with Gasteiger partial charge in [0.1, 0.15) is 6.17 Å². The molecule has 70 valence electrons. The van der Waals surface area contributed by atoms with Crippen molar-refractivity contribution in [3.8, 4) is 0 Å². The van der Waals surface area contributed by atoms with Crippen molar-refractivity contribution in [2.75, 3.05) is 0 Å². The van der Waals surface area contributed by atoms with Crippen molar-refractivity contribution >= 4 is 5.97 Å². The van der Waals surface area contributed by atoms with Crippen molar-refractivity contribution in [3.63, 3.8) is 0 Å². The normalized spacial score (nSPS) is 23.8. The molecule has 2 unspecified atom stereocenters. The molecule has 1 fully saturated rings. The molecule has 0 bridgehead atoms. The molecule has 2 atom stereocenters. The van der Waals surface area contributed by atoms with Gasteiger partial charge in [-0.2, -0.15) is 0 Å². The minimum absolute atomic E-state index is 0.00361. The molecule has 1 aliphatic carbocycles. The van der Waals surface area contributed by atoms with Crippen molar-refractivity contribution in [2.24, 2.45) is 11.8 Å². The average molecular weight is 174 g/mol. The van der Waals surface area contributed by atoms with Crippen LogP contribution in [0.25, 0.3) is 0 Å². The van der Waals surface area contributed by atoms with E-state index < -0.39 is 18.1 Å². The van der Waals surface area contributed by atoms with Gasteiger partial charge in [0.05, 0.1) is 5.92 Å². The van der Waals surface area contributed by atoms with Crippen LogP contribution in [0.3, 0.4) is 0 Å². The fourth-order valence-corrected chi connectivity index (χ4v) is 1.82. The topological polar surface area (TPSA) is 37.3 Å². The number of alkyl halides is 1. The van der Waals surface area contributed by atoms with Crippen molar-refractivity contribution in [1.82, 2.24) is 0 Å². The Labute approximate surface area is 71.8 Å². The molecule has 0 radical (unpaired) electrons. The Balaban J connectivity index is 2.44. The highest BCUT2D eigenvalue weighted by Gasteiger charge is 2.32. The molecule has 1 aliphatic rings. The monoisotopic (exact) mass is 174 g/mol. The molecule has 0 aromatic rings. The Kier molecular flexibility index (Phi) is 3.06. The van der Waals surface area contributed by atoms with Crippen LogP contribution in [0, 0.1) is 11.8 Å². The SMILES string of the molecule is CC(C(=O)O)C(F)C1CCCC1. The van der Waals surface area contributed by atoms with Gasteiger partial charge in [-0.15, -0.1) is 0 Å². The Hall–Kier alpha value is -0.600. The van der Waals surface area contributed by atoms with Crippen LogP contribution in [0.1, 0.15) is 32.6 Å². The average Bonchev–Trinajstić information content (AvgIpc) is 2.53. The van der Waals surface area contributed by atoms with Gasteiger partial charge >= 0.3 is 5.97 Å². The van der Waals surface area contributed by atoms with Crippen molar-refractivity contribution in [2.45, 2.75) is 38.8 Å². The fourth-order valence-electron chi connectivity index (χ4n) is 1.82. The van der Waals surface area contributed by atoms with Crippen LogP contribution >= 0.6 is 0 Å². The fraction of sp³-hybridized carbons (Fsp3) is 0.889. The number of carbonyl (C=O) groups is 1. The summed E-state index contributed by atoms with van der Waals surface area (Å²) in [7, 11) is 0. The lowest BCUT2D eigenvalue weighted by Gasteiger charge is -2.18. The smallest absolute Gasteiger partial charge is 0.309 e. The standard InChI is InChI=1S/C9H15FO2/c1-6(9(11)12)8(10)7-4-2-3-5-7/h6-8H,2-5H2,1H3,(H,11,12). The lowest BCUT2D eigenvalue weighted by Crippen LogP contribution is -2.27. The van der Waals surface area contributed by atoms with Crippen molar-refractivity contribution < 1.29 is 14.3 Å². The molecule has 2 nitrogen and oxygen atoms in total. The van der Waals surface area contributed by atoms with Gasteiger partial charge in [-0.1, -0.05) is 12.8 Å². The summed E-state index contributed by atoms with van der Waals surface area (Å²) >= 11 is 0. The molecule has 0 saturated heterocycles. The molecule has 0 aromatic carbocycles. The molecule has 1 saturated carbocycles. The second-order valence-corrected chi connectivity index (χ2v) is 3.62. The van der Waals surface area contributed by atoms with E-state index in [0.717, 1.165) is 25.7 Å². The van der Waals surface area contributed by atoms with Crippen LogP contribution in [0.4, 0.5) is 4.39 Å². The van der Waals surface area contributed by atoms with Crippen LogP contribution in [0.15, 0.2) is 0 Å². The van der Waals surface area contributed by atoms with Crippen molar-refractivity contribution in [1.29, 1.82) is 0 Å². The number of carboxylic acid groups (broad SMARTS) is 1. The predicted molar refractivity (Wildman–Crippen MR) is 43.7 cm³/mol. The van der Waals surface area contributed by atoms with Gasteiger partial charge in [-0.3, -0.25) is 4.79 Å². The number of rotatable bonds is 3. The Morgan fingerprint density at radius 1 is 1.50 bits per heavy atom.